The number of halogens is 1. The number of rotatable bonds is 6. The monoisotopic (exact) mass is 401 g/mol. The van der Waals surface area contributed by atoms with Crippen molar-refractivity contribution in [3.63, 3.8) is 0 Å². The average molecular weight is 401 g/mol. The SMILES string of the molecule is C=CCNC(=NC)NCc1ccccc1OC1CCC1.I. The second-order valence-corrected chi connectivity index (χ2v) is 4.87. The average Bonchev–Trinajstić information content (AvgIpc) is 2.44. The minimum absolute atomic E-state index is 0. The van der Waals surface area contributed by atoms with E-state index < -0.39 is 0 Å². The highest BCUT2D eigenvalue weighted by atomic mass is 127. The van der Waals surface area contributed by atoms with E-state index in [-0.39, 0.29) is 24.0 Å². The molecule has 0 spiro atoms. The molecule has 0 unspecified atom stereocenters. The Labute approximate surface area is 144 Å². The largest absolute Gasteiger partial charge is 0.490 e. The summed E-state index contributed by atoms with van der Waals surface area (Å²) in [7, 11) is 1.76. The Morgan fingerprint density at radius 2 is 2.14 bits per heavy atom. The van der Waals surface area contributed by atoms with Crippen LogP contribution in [0.5, 0.6) is 5.75 Å². The predicted molar refractivity (Wildman–Crippen MR) is 98.5 cm³/mol. The lowest BCUT2D eigenvalue weighted by Crippen LogP contribution is -2.37. The number of benzene rings is 1. The second kappa shape index (κ2) is 9.65. The van der Waals surface area contributed by atoms with Gasteiger partial charge in [-0.3, -0.25) is 4.99 Å². The first-order chi connectivity index (χ1) is 9.83. The summed E-state index contributed by atoms with van der Waals surface area (Å²) in [6.45, 7) is 5.07. The number of para-hydroxylation sites is 1. The van der Waals surface area contributed by atoms with Crippen molar-refractivity contribution in [3.8, 4) is 5.75 Å². The zero-order chi connectivity index (χ0) is 14.2. The molecule has 0 bridgehead atoms. The number of guanidine groups is 1. The zero-order valence-electron chi connectivity index (χ0n) is 12.5. The molecule has 0 aliphatic heterocycles. The van der Waals surface area contributed by atoms with E-state index in [0.717, 1.165) is 17.3 Å². The number of nitrogens with one attached hydrogen (secondary N) is 2. The number of aliphatic imine (C=N–C) groups is 1. The third-order valence-corrected chi connectivity index (χ3v) is 3.40. The first-order valence-corrected chi connectivity index (χ1v) is 7.13. The van der Waals surface area contributed by atoms with Gasteiger partial charge < -0.3 is 15.4 Å². The molecular weight excluding hydrogens is 377 g/mol. The standard InChI is InChI=1S/C16H23N3O.HI/c1-3-11-18-16(17-2)19-12-13-7-4-5-10-15(13)20-14-8-6-9-14;/h3-5,7,10,14H,1,6,8-9,11-12H2,2H3,(H2,17,18,19);1H. The number of ether oxygens (including phenoxy) is 1. The van der Waals surface area contributed by atoms with Gasteiger partial charge in [0, 0.05) is 25.7 Å². The number of nitrogens with zero attached hydrogens (tertiary/aromatic N) is 1. The Balaban J connectivity index is 0.00000220. The van der Waals surface area contributed by atoms with E-state index in [1.807, 2.05) is 18.2 Å². The minimum Gasteiger partial charge on any atom is -0.490 e. The molecule has 0 heterocycles. The van der Waals surface area contributed by atoms with E-state index in [0.29, 0.717) is 19.2 Å². The normalized spacial score (nSPS) is 14.6. The molecule has 0 radical (unpaired) electrons. The molecule has 1 aliphatic rings. The van der Waals surface area contributed by atoms with E-state index in [2.05, 4.69) is 28.3 Å². The van der Waals surface area contributed by atoms with E-state index in [1.54, 1.807) is 13.1 Å². The van der Waals surface area contributed by atoms with Crippen LogP contribution in [0.25, 0.3) is 0 Å². The molecule has 0 saturated heterocycles. The first-order valence-electron chi connectivity index (χ1n) is 7.13. The molecule has 1 aromatic rings. The van der Waals surface area contributed by atoms with Crippen LogP contribution >= 0.6 is 24.0 Å². The summed E-state index contributed by atoms with van der Waals surface area (Å²) in [4.78, 5) is 4.16. The van der Waals surface area contributed by atoms with Crippen molar-refractivity contribution >= 4 is 29.9 Å². The molecule has 1 aromatic carbocycles. The van der Waals surface area contributed by atoms with Gasteiger partial charge in [0.15, 0.2) is 5.96 Å². The van der Waals surface area contributed by atoms with Gasteiger partial charge in [0.2, 0.25) is 0 Å². The quantitative estimate of drug-likeness (QED) is 0.333. The van der Waals surface area contributed by atoms with Crippen LogP contribution in [0.4, 0.5) is 0 Å². The Morgan fingerprint density at radius 1 is 1.38 bits per heavy atom. The third-order valence-electron chi connectivity index (χ3n) is 3.40. The summed E-state index contributed by atoms with van der Waals surface area (Å²) >= 11 is 0. The molecule has 2 rings (SSSR count). The first kappa shape index (κ1) is 17.8. The Bertz CT molecular complexity index is 472. The van der Waals surface area contributed by atoms with E-state index in [1.165, 1.54) is 19.3 Å². The van der Waals surface area contributed by atoms with Crippen molar-refractivity contribution in [2.45, 2.75) is 31.9 Å². The lowest BCUT2D eigenvalue weighted by atomic mass is 9.96. The molecule has 116 valence electrons. The van der Waals surface area contributed by atoms with E-state index in [4.69, 9.17) is 4.74 Å². The Hall–Kier alpha value is -1.24. The van der Waals surface area contributed by atoms with Gasteiger partial charge in [0.1, 0.15) is 5.75 Å². The summed E-state index contributed by atoms with van der Waals surface area (Å²) in [5, 5.41) is 6.43. The maximum atomic E-state index is 6.01. The van der Waals surface area contributed by atoms with Crippen LogP contribution in [0.2, 0.25) is 0 Å². The lowest BCUT2D eigenvalue weighted by molar-refractivity contribution is 0.119. The Kier molecular flexibility index (Phi) is 8.19. The minimum atomic E-state index is 0. The molecule has 0 amide bonds. The summed E-state index contributed by atoms with van der Waals surface area (Å²) in [5.74, 6) is 1.74. The molecule has 2 N–H and O–H groups in total. The molecule has 5 heteroatoms. The lowest BCUT2D eigenvalue weighted by Gasteiger charge is -2.27. The highest BCUT2D eigenvalue weighted by molar-refractivity contribution is 14.0. The predicted octanol–water partition coefficient (Wildman–Crippen LogP) is 3.09. The highest BCUT2D eigenvalue weighted by Gasteiger charge is 2.20. The molecule has 1 fully saturated rings. The van der Waals surface area contributed by atoms with Gasteiger partial charge >= 0.3 is 0 Å². The van der Waals surface area contributed by atoms with Crippen LogP contribution in [0.3, 0.4) is 0 Å². The molecule has 0 aromatic heterocycles. The number of hydrogen-bond donors (Lipinski definition) is 2. The summed E-state index contributed by atoms with van der Waals surface area (Å²) in [6, 6.07) is 8.17. The van der Waals surface area contributed by atoms with Crippen LogP contribution in [-0.2, 0) is 6.54 Å². The van der Waals surface area contributed by atoms with Gasteiger partial charge in [-0.05, 0) is 25.3 Å². The van der Waals surface area contributed by atoms with Crippen LogP contribution in [-0.4, -0.2) is 25.7 Å². The topological polar surface area (TPSA) is 45.7 Å². The second-order valence-electron chi connectivity index (χ2n) is 4.87. The fourth-order valence-electron chi connectivity index (χ4n) is 2.00. The fraction of sp³-hybridized carbons (Fsp3) is 0.438. The van der Waals surface area contributed by atoms with Gasteiger partial charge in [-0.1, -0.05) is 24.3 Å². The van der Waals surface area contributed by atoms with Gasteiger partial charge in [-0.2, -0.15) is 0 Å². The highest BCUT2D eigenvalue weighted by Crippen LogP contribution is 2.27. The van der Waals surface area contributed by atoms with Crippen LogP contribution in [0.1, 0.15) is 24.8 Å². The zero-order valence-corrected chi connectivity index (χ0v) is 14.8. The van der Waals surface area contributed by atoms with Crippen LogP contribution < -0.4 is 15.4 Å². The van der Waals surface area contributed by atoms with Crippen molar-refractivity contribution < 1.29 is 4.74 Å². The smallest absolute Gasteiger partial charge is 0.191 e. The molecular formula is C16H24IN3O. The molecule has 1 saturated carbocycles. The van der Waals surface area contributed by atoms with Crippen molar-refractivity contribution in [1.29, 1.82) is 0 Å². The molecule has 21 heavy (non-hydrogen) atoms. The van der Waals surface area contributed by atoms with E-state index >= 15 is 0 Å². The number of hydrogen-bond acceptors (Lipinski definition) is 2. The molecule has 1 aliphatic carbocycles. The van der Waals surface area contributed by atoms with Gasteiger partial charge in [-0.25, -0.2) is 0 Å². The van der Waals surface area contributed by atoms with Crippen LogP contribution in [0.15, 0.2) is 41.9 Å². The third kappa shape index (κ3) is 5.57. The molecule has 0 atom stereocenters. The van der Waals surface area contributed by atoms with E-state index in [9.17, 15) is 0 Å². The van der Waals surface area contributed by atoms with Gasteiger partial charge in [-0.15, -0.1) is 30.6 Å². The van der Waals surface area contributed by atoms with Gasteiger partial charge in [0.05, 0.1) is 6.10 Å². The van der Waals surface area contributed by atoms with Crippen LogP contribution in [0, 0.1) is 0 Å². The Morgan fingerprint density at radius 3 is 2.76 bits per heavy atom. The maximum Gasteiger partial charge on any atom is 0.191 e. The van der Waals surface area contributed by atoms with Crippen molar-refractivity contribution in [2.75, 3.05) is 13.6 Å². The van der Waals surface area contributed by atoms with Crippen molar-refractivity contribution in [1.82, 2.24) is 10.6 Å². The fourth-order valence-corrected chi connectivity index (χ4v) is 2.00. The maximum absolute atomic E-state index is 6.01. The summed E-state index contributed by atoms with van der Waals surface area (Å²) < 4.78 is 6.01. The van der Waals surface area contributed by atoms with Crippen molar-refractivity contribution in [3.05, 3.63) is 42.5 Å². The van der Waals surface area contributed by atoms with Crippen molar-refractivity contribution in [2.24, 2.45) is 4.99 Å². The van der Waals surface area contributed by atoms with Gasteiger partial charge in [0.25, 0.3) is 0 Å². The molecule has 4 nitrogen and oxygen atoms in total. The summed E-state index contributed by atoms with van der Waals surface area (Å²) in [5.41, 5.74) is 1.15. The summed E-state index contributed by atoms with van der Waals surface area (Å²) in [6.07, 6.45) is 5.83.